The Bertz CT molecular complexity index is 760. The summed E-state index contributed by atoms with van der Waals surface area (Å²) in [5, 5.41) is 0. The van der Waals surface area contributed by atoms with Crippen LogP contribution in [0.15, 0.2) is 53.3 Å². The van der Waals surface area contributed by atoms with E-state index < -0.39 is 0 Å². The second kappa shape index (κ2) is 6.10. The zero-order valence-corrected chi connectivity index (χ0v) is 13.0. The van der Waals surface area contributed by atoms with E-state index in [0.717, 1.165) is 32.6 Å². The van der Waals surface area contributed by atoms with Crippen LogP contribution in [0.1, 0.15) is 5.56 Å². The van der Waals surface area contributed by atoms with Gasteiger partial charge in [0.25, 0.3) is 0 Å². The lowest BCUT2D eigenvalue weighted by atomic mass is 10.2. The molecule has 106 valence electrons. The summed E-state index contributed by atoms with van der Waals surface area (Å²) in [5.41, 5.74) is 2.63. The van der Waals surface area contributed by atoms with Gasteiger partial charge in [0.1, 0.15) is 23.6 Å². The molecule has 2 heterocycles. The molecule has 0 radical (unpaired) electrons. The van der Waals surface area contributed by atoms with Crippen LogP contribution in [0.25, 0.3) is 11.0 Å². The van der Waals surface area contributed by atoms with Crippen molar-refractivity contribution in [3.63, 3.8) is 0 Å². The largest absolute Gasteiger partial charge is 0.497 e. The molecule has 1 aromatic carbocycles. The van der Waals surface area contributed by atoms with Crippen LogP contribution < -0.4 is 9.47 Å². The van der Waals surface area contributed by atoms with E-state index in [2.05, 4.69) is 25.9 Å². The summed E-state index contributed by atoms with van der Waals surface area (Å²) in [4.78, 5) is 8.66. The Labute approximate surface area is 130 Å². The Kier molecular flexibility index (Phi) is 4.01. The van der Waals surface area contributed by atoms with Crippen LogP contribution in [0, 0.1) is 0 Å². The summed E-state index contributed by atoms with van der Waals surface area (Å²) in [6.45, 7) is 0.473. The van der Waals surface area contributed by atoms with Crippen molar-refractivity contribution in [2.75, 3.05) is 7.11 Å². The first-order valence-electron chi connectivity index (χ1n) is 6.42. The summed E-state index contributed by atoms with van der Waals surface area (Å²) in [5.74, 6) is 1.56. The van der Waals surface area contributed by atoms with Crippen LogP contribution >= 0.6 is 15.9 Å². The quantitative estimate of drug-likeness (QED) is 0.718. The van der Waals surface area contributed by atoms with Crippen molar-refractivity contribution in [2.45, 2.75) is 6.61 Å². The highest BCUT2D eigenvalue weighted by molar-refractivity contribution is 9.10. The van der Waals surface area contributed by atoms with Crippen LogP contribution in [-0.2, 0) is 6.61 Å². The normalized spacial score (nSPS) is 10.6. The molecule has 0 N–H and O–H groups in total. The van der Waals surface area contributed by atoms with Gasteiger partial charge in [0.2, 0.25) is 0 Å². The molecule has 0 saturated carbocycles. The number of nitrogens with zero attached hydrogens (tertiary/aromatic N) is 2. The number of fused-ring (bicyclic) bond motifs is 1. The van der Waals surface area contributed by atoms with E-state index in [9.17, 15) is 0 Å². The molecule has 2 aromatic heterocycles. The lowest BCUT2D eigenvalue weighted by molar-refractivity contribution is 0.309. The minimum Gasteiger partial charge on any atom is -0.497 e. The highest BCUT2D eigenvalue weighted by Gasteiger charge is 2.05. The number of hydrogen-bond donors (Lipinski definition) is 0. The Morgan fingerprint density at radius 2 is 1.90 bits per heavy atom. The van der Waals surface area contributed by atoms with Gasteiger partial charge in [-0.25, -0.2) is 4.98 Å². The zero-order valence-electron chi connectivity index (χ0n) is 11.4. The van der Waals surface area contributed by atoms with Crippen molar-refractivity contribution in [3.8, 4) is 11.5 Å². The maximum absolute atomic E-state index is 5.86. The van der Waals surface area contributed by atoms with Crippen molar-refractivity contribution >= 4 is 27.0 Å². The lowest BCUT2D eigenvalue weighted by Gasteiger charge is -2.09. The molecular formula is C16H13BrN2O2. The van der Waals surface area contributed by atoms with Gasteiger partial charge in [-0.05, 0) is 39.7 Å². The third-order valence-electron chi connectivity index (χ3n) is 3.06. The molecule has 0 aliphatic carbocycles. The van der Waals surface area contributed by atoms with Crippen LogP contribution in [0.4, 0.5) is 0 Å². The summed E-state index contributed by atoms with van der Waals surface area (Å²) < 4.78 is 11.9. The van der Waals surface area contributed by atoms with E-state index >= 15 is 0 Å². The van der Waals surface area contributed by atoms with Crippen molar-refractivity contribution in [1.29, 1.82) is 0 Å². The van der Waals surface area contributed by atoms with Crippen molar-refractivity contribution < 1.29 is 9.47 Å². The summed E-state index contributed by atoms with van der Waals surface area (Å²) >= 11 is 3.39. The Morgan fingerprint density at radius 3 is 2.67 bits per heavy atom. The second-order valence-electron chi connectivity index (χ2n) is 4.47. The molecule has 3 rings (SSSR count). The van der Waals surface area contributed by atoms with E-state index in [0.29, 0.717) is 6.61 Å². The number of methoxy groups -OCH3 is 1. The van der Waals surface area contributed by atoms with Gasteiger partial charge in [-0.2, -0.15) is 0 Å². The van der Waals surface area contributed by atoms with Crippen LogP contribution in [0.2, 0.25) is 0 Å². The number of rotatable bonds is 4. The molecule has 0 amide bonds. The molecule has 5 heteroatoms. The molecule has 0 spiro atoms. The predicted molar refractivity (Wildman–Crippen MR) is 84.6 cm³/mol. The molecule has 0 aliphatic rings. The topological polar surface area (TPSA) is 44.2 Å². The van der Waals surface area contributed by atoms with Crippen molar-refractivity contribution in [3.05, 3.63) is 58.8 Å². The van der Waals surface area contributed by atoms with E-state index in [1.54, 1.807) is 19.5 Å². The average molecular weight is 345 g/mol. The van der Waals surface area contributed by atoms with E-state index in [1.165, 1.54) is 0 Å². The van der Waals surface area contributed by atoms with Gasteiger partial charge in [0.15, 0.2) is 0 Å². The van der Waals surface area contributed by atoms with Gasteiger partial charge in [0.05, 0.1) is 12.6 Å². The molecule has 0 saturated heterocycles. The first-order chi connectivity index (χ1) is 10.3. The first kappa shape index (κ1) is 13.8. The maximum Gasteiger partial charge on any atom is 0.149 e. The number of halogens is 1. The molecule has 4 nitrogen and oxygen atoms in total. The average Bonchev–Trinajstić information content (AvgIpc) is 2.53. The number of aromatic nitrogens is 2. The minimum absolute atomic E-state index is 0.473. The Morgan fingerprint density at radius 1 is 1.10 bits per heavy atom. The SMILES string of the molecule is COc1ccc(COc2ccnc3cc(Br)cnc23)cc1. The fourth-order valence-corrected chi connectivity index (χ4v) is 2.30. The Balaban J connectivity index is 1.81. The lowest BCUT2D eigenvalue weighted by Crippen LogP contribution is -1.97. The highest BCUT2D eigenvalue weighted by Crippen LogP contribution is 2.24. The van der Waals surface area contributed by atoms with E-state index in [4.69, 9.17) is 9.47 Å². The molecule has 3 aromatic rings. The fourth-order valence-electron chi connectivity index (χ4n) is 1.98. The number of hydrogen-bond acceptors (Lipinski definition) is 4. The second-order valence-corrected chi connectivity index (χ2v) is 5.38. The van der Waals surface area contributed by atoms with Crippen LogP contribution in [0.3, 0.4) is 0 Å². The van der Waals surface area contributed by atoms with Gasteiger partial charge in [-0.15, -0.1) is 0 Å². The number of ether oxygens (including phenoxy) is 2. The van der Waals surface area contributed by atoms with Gasteiger partial charge in [0, 0.05) is 22.9 Å². The summed E-state index contributed by atoms with van der Waals surface area (Å²) in [6.07, 6.45) is 3.46. The summed E-state index contributed by atoms with van der Waals surface area (Å²) in [7, 11) is 1.65. The van der Waals surface area contributed by atoms with Crippen molar-refractivity contribution in [1.82, 2.24) is 9.97 Å². The van der Waals surface area contributed by atoms with Crippen molar-refractivity contribution in [2.24, 2.45) is 0 Å². The van der Waals surface area contributed by atoms with Crippen LogP contribution in [0.5, 0.6) is 11.5 Å². The van der Waals surface area contributed by atoms with Gasteiger partial charge in [-0.1, -0.05) is 12.1 Å². The molecule has 0 bridgehead atoms. The molecular weight excluding hydrogens is 332 g/mol. The zero-order chi connectivity index (χ0) is 14.7. The van der Waals surface area contributed by atoms with Gasteiger partial charge < -0.3 is 9.47 Å². The molecule has 0 fully saturated rings. The summed E-state index contributed by atoms with van der Waals surface area (Å²) in [6, 6.07) is 11.5. The predicted octanol–water partition coefficient (Wildman–Crippen LogP) is 3.98. The standard InChI is InChI=1S/C16H13BrN2O2/c1-20-13-4-2-11(3-5-13)10-21-15-6-7-18-14-8-12(17)9-19-16(14)15/h2-9H,10H2,1H3. The third-order valence-corrected chi connectivity index (χ3v) is 3.49. The fraction of sp³-hybridized carbons (Fsp3) is 0.125. The maximum atomic E-state index is 5.86. The van der Waals surface area contributed by atoms with E-state index in [-0.39, 0.29) is 0 Å². The van der Waals surface area contributed by atoms with Gasteiger partial charge >= 0.3 is 0 Å². The number of pyridine rings is 2. The smallest absolute Gasteiger partial charge is 0.149 e. The monoisotopic (exact) mass is 344 g/mol. The molecule has 0 unspecified atom stereocenters. The molecule has 0 atom stereocenters. The highest BCUT2D eigenvalue weighted by atomic mass is 79.9. The number of benzene rings is 1. The third kappa shape index (κ3) is 3.13. The first-order valence-corrected chi connectivity index (χ1v) is 7.21. The molecule has 0 aliphatic heterocycles. The minimum atomic E-state index is 0.473. The van der Waals surface area contributed by atoms with Gasteiger partial charge in [-0.3, -0.25) is 4.98 Å². The molecule has 21 heavy (non-hydrogen) atoms. The van der Waals surface area contributed by atoms with Crippen LogP contribution in [-0.4, -0.2) is 17.1 Å². The Hall–Kier alpha value is -2.14. The van der Waals surface area contributed by atoms with E-state index in [1.807, 2.05) is 36.4 Å².